The molecule has 1 heterocycles. The number of ether oxygens (including phenoxy) is 2. The summed E-state index contributed by atoms with van der Waals surface area (Å²) >= 11 is 0. The summed E-state index contributed by atoms with van der Waals surface area (Å²) in [6.07, 6.45) is -0.0415. The van der Waals surface area contributed by atoms with Gasteiger partial charge in [-0.2, -0.15) is 0 Å². The van der Waals surface area contributed by atoms with E-state index in [9.17, 15) is 0 Å². The van der Waals surface area contributed by atoms with Crippen LogP contribution in [-0.4, -0.2) is 32.3 Å². The first kappa shape index (κ1) is 15.2. The summed E-state index contributed by atoms with van der Waals surface area (Å²) in [6.45, 7) is 1.88. The summed E-state index contributed by atoms with van der Waals surface area (Å²) in [5.41, 5.74) is 1.21. The summed E-state index contributed by atoms with van der Waals surface area (Å²) in [5, 5.41) is 6.56. The Morgan fingerprint density at radius 1 is 1.04 bits per heavy atom. The molecule has 0 saturated carbocycles. The summed E-state index contributed by atoms with van der Waals surface area (Å²) in [4.78, 5) is 4.23. The van der Waals surface area contributed by atoms with E-state index >= 15 is 0 Å². The predicted molar refractivity (Wildman–Crippen MR) is 91.0 cm³/mol. The zero-order valence-electron chi connectivity index (χ0n) is 13.2. The number of aliphatic imine (C=N–C) groups is 1. The SMILES string of the molecule is CN=C(NCc1ccccc1)NCC1COc2ccccc2O1. The number of hydrogen-bond donors (Lipinski definition) is 2. The van der Waals surface area contributed by atoms with E-state index in [1.165, 1.54) is 5.56 Å². The highest BCUT2D eigenvalue weighted by Crippen LogP contribution is 2.30. The van der Waals surface area contributed by atoms with Crippen LogP contribution < -0.4 is 20.1 Å². The van der Waals surface area contributed by atoms with Gasteiger partial charge in [0.25, 0.3) is 0 Å². The Morgan fingerprint density at radius 3 is 2.57 bits per heavy atom. The molecular weight excluding hydrogens is 290 g/mol. The maximum absolute atomic E-state index is 5.92. The molecule has 2 N–H and O–H groups in total. The van der Waals surface area contributed by atoms with E-state index < -0.39 is 0 Å². The number of guanidine groups is 1. The third kappa shape index (κ3) is 4.16. The number of nitrogens with zero attached hydrogens (tertiary/aromatic N) is 1. The standard InChI is InChI=1S/C18H21N3O2/c1-19-18(20-11-14-7-3-2-4-8-14)21-12-15-13-22-16-9-5-6-10-17(16)23-15/h2-10,15H,11-13H2,1H3,(H2,19,20,21). The van der Waals surface area contributed by atoms with Crippen LogP contribution in [0, 0.1) is 0 Å². The van der Waals surface area contributed by atoms with Gasteiger partial charge in [-0.15, -0.1) is 0 Å². The van der Waals surface area contributed by atoms with Crippen LogP contribution in [0.1, 0.15) is 5.56 Å². The minimum Gasteiger partial charge on any atom is -0.486 e. The lowest BCUT2D eigenvalue weighted by molar-refractivity contribution is 0.0936. The molecule has 23 heavy (non-hydrogen) atoms. The number of nitrogens with one attached hydrogen (secondary N) is 2. The van der Waals surface area contributed by atoms with Gasteiger partial charge in [0.05, 0.1) is 6.54 Å². The van der Waals surface area contributed by atoms with Crippen molar-refractivity contribution in [3.63, 3.8) is 0 Å². The first-order valence-electron chi connectivity index (χ1n) is 7.72. The number of benzene rings is 2. The fraction of sp³-hybridized carbons (Fsp3) is 0.278. The summed E-state index contributed by atoms with van der Waals surface area (Å²) in [7, 11) is 1.76. The van der Waals surface area contributed by atoms with Gasteiger partial charge in [-0.3, -0.25) is 4.99 Å². The Kier molecular flexibility index (Phi) is 4.99. The van der Waals surface area contributed by atoms with E-state index in [1.807, 2.05) is 42.5 Å². The van der Waals surface area contributed by atoms with E-state index in [0.717, 1.165) is 24.0 Å². The highest BCUT2D eigenvalue weighted by molar-refractivity contribution is 5.79. The summed E-state index contributed by atoms with van der Waals surface area (Å²) in [5.74, 6) is 2.34. The molecule has 0 aromatic heterocycles. The van der Waals surface area contributed by atoms with Gasteiger partial charge in [-0.05, 0) is 17.7 Å². The Morgan fingerprint density at radius 2 is 1.78 bits per heavy atom. The third-order valence-corrected chi connectivity index (χ3v) is 3.59. The lowest BCUT2D eigenvalue weighted by atomic mass is 10.2. The van der Waals surface area contributed by atoms with Crippen molar-refractivity contribution in [2.24, 2.45) is 4.99 Å². The molecule has 3 rings (SSSR count). The molecule has 0 amide bonds. The van der Waals surface area contributed by atoms with Gasteiger partial charge in [0.1, 0.15) is 12.7 Å². The van der Waals surface area contributed by atoms with Crippen LogP contribution in [0.2, 0.25) is 0 Å². The molecule has 0 saturated heterocycles. The van der Waals surface area contributed by atoms with Crippen molar-refractivity contribution < 1.29 is 9.47 Å². The van der Waals surface area contributed by atoms with Crippen LogP contribution in [-0.2, 0) is 6.54 Å². The predicted octanol–water partition coefficient (Wildman–Crippen LogP) is 2.19. The fourth-order valence-corrected chi connectivity index (χ4v) is 2.38. The molecule has 0 spiro atoms. The zero-order valence-corrected chi connectivity index (χ0v) is 13.2. The zero-order chi connectivity index (χ0) is 15.9. The van der Waals surface area contributed by atoms with Crippen molar-refractivity contribution >= 4 is 5.96 Å². The molecule has 120 valence electrons. The van der Waals surface area contributed by atoms with Crippen molar-refractivity contribution in [1.29, 1.82) is 0 Å². The lowest BCUT2D eigenvalue weighted by Crippen LogP contribution is -2.45. The molecule has 0 bridgehead atoms. The molecular formula is C18H21N3O2. The maximum Gasteiger partial charge on any atom is 0.191 e. The van der Waals surface area contributed by atoms with Crippen molar-refractivity contribution in [3.8, 4) is 11.5 Å². The van der Waals surface area contributed by atoms with E-state index in [2.05, 4.69) is 27.8 Å². The van der Waals surface area contributed by atoms with Crippen molar-refractivity contribution in [2.75, 3.05) is 20.2 Å². The molecule has 0 aliphatic carbocycles. The van der Waals surface area contributed by atoms with Gasteiger partial charge in [-0.1, -0.05) is 42.5 Å². The smallest absolute Gasteiger partial charge is 0.191 e. The molecule has 5 heteroatoms. The van der Waals surface area contributed by atoms with Crippen LogP contribution in [0.15, 0.2) is 59.6 Å². The van der Waals surface area contributed by atoms with Gasteiger partial charge >= 0.3 is 0 Å². The Bertz CT molecular complexity index is 658. The van der Waals surface area contributed by atoms with Gasteiger partial charge in [0.2, 0.25) is 0 Å². The molecule has 2 aromatic carbocycles. The number of para-hydroxylation sites is 2. The van der Waals surface area contributed by atoms with E-state index in [1.54, 1.807) is 7.05 Å². The quantitative estimate of drug-likeness (QED) is 0.671. The summed E-state index contributed by atoms with van der Waals surface area (Å²) in [6, 6.07) is 17.9. The third-order valence-electron chi connectivity index (χ3n) is 3.59. The molecule has 1 aliphatic rings. The molecule has 2 aromatic rings. The average molecular weight is 311 g/mol. The van der Waals surface area contributed by atoms with Crippen LogP contribution in [0.5, 0.6) is 11.5 Å². The van der Waals surface area contributed by atoms with Crippen LogP contribution >= 0.6 is 0 Å². The van der Waals surface area contributed by atoms with Gasteiger partial charge in [-0.25, -0.2) is 0 Å². The van der Waals surface area contributed by atoms with Gasteiger partial charge in [0, 0.05) is 13.6 Å². The lowest BCUT2D eigenvalue weighted by Gasteiger charge is -2.27. The van der Waals surface area contributed by atoms with Crippen molar-refractivity contribution in [1.82, 2.24) is 10.6 Å². The second-order valence-corrected chi connectivity index (χ2v) is 5.29. The molecule has 1 aliphatic heterocycles. The van der Waals surface area contributed by atoms with E-state index in [0.29, 0.717) is 13.2 Å². The monoisotopic (exact) mass is 311 g/mol. The minimum atomic E-state index is -0.0415. The minimum absolute atomic E-state index is 0.0415. The molecule has 5 nitrogen and oxygen atoms in total. The number of rotatable bonds is 4. The average Bonchev–Trinajstić information content (AvgIpc) is 2.62. The molecule has 0 radical (unpaired) electrons. The van der Waals surface area contributed by atoms with Crippen molar-refractivity contribution in [3.05, 3.63) is 60.2 Å². The Balaban J connectivity index is 1.47. The summed E-state index contributed by atoms with van der Waals surface area (Å²) < 4.78 is 11.6. The first-order chi connectivity index (χ1) is 11.3. The second-order valence-electron chi connectivity index (χ2n) is 5.29. The Labute approximate surface area is 136 Å². The van der Waals surface area contributed by atoms with Crippen LogP contribution in [0.3, 0.4) is 0 Å². The molecule has 1 atom stereocenters. The second kappa shape index (κ2) is 7.54. The van der Waals surface area contributed by atoms with Gasteiger partial charge < -0.3 is 20.1 Å². The maximum atomic E-state index is 5.92. The fourth-order valence-electron chi connectivity index (χ4n) is 2.38. The first-order valence-corrected chi connectivity index (χ1v) is 7.72. The number of fused-ring (bicyclic) bond motifs is 1. The van der Waals surface area contributed by atoms with E-state index in [4.69, 9.17) is 9.47 Å². The Hall–Kier alpha value is -2.69. The topological polar surface area (TPSA) is 54.9 Å². The molecule has 0 fully saturated rings. The van der Waals surface area contributed by atoms with Gasteiger partial charge in [0.15, 0.2) is 17.5 Å². The normalized spacial score (nSPS) is 16.7. The molecule has 1 unspecified atom stereocenters. The highest BCUT2D eigenvalue weighted by atomic mass is 16.6. The van der Waals surface area contributed by atoms with Crippen LogP contribution in [0.25, 0.3) is 0 Å². The van der Waals surface area contributed by atoms with Crippen LogP contribution in [0.4, 0.5) is 0 Å². The van der Waals surface area contributed by atoms with E-state index in [-0.39, 0.29) is 6.10 Å². The highest BCUT2D eigenvalue weighted by Gasteiger charge is 2.20. The largest absolute Gasteiger partial charge is 0.486 e. The van der Waals surface area contributed by atoms with Crippen molar-refractivity contribution in [2.45, 2.75) is 12.6 Å². The number of hydrogen-bond acceptors (Lipinski definition) is 3.